The van der Waals surface area contributed by atoms with Crippen LogP contribution in [0.4, 0.5) is 0 Å². The van der Waals surface area contributed by atoms with Crippen LogP contribution in [0.1, 0.15) is 43.4 Å². The summed E-state index contributed by atoms with van der Waals surface area (Å²) in [7, 11) is -3.38. The lowest BCUT2D eigenvalue weighted by molar-refractivity contribution is 0.420. The highest BCUT2D eigenvalue weighted by Crippen LogP contribution is 2.33. The number of hydrogen-bond acceptors (Lipinski definition) is 3. The molecule has 0 bridgehead atoms. The van der Waals surface area contributed by atoms with Crippen LogP contribution in [0.2, 0.25) is 0 Å². The minimum absolute atomic E-state index is 0.206. The Morgan fingerprint density at radius 2 is 1.90 bits per heavy atom. The van der Waals surface area contributed by atoms with Crippen LogP contribution in [0.3, 0.4) is 0 Å². The third-order valence-electron chi connectivity index (χ3n) is 4.11. The SMILES string of the molecule is CCNCc1cc(C)c(C)c(S(=O)(=O)N(CC)C2CC2)c1. The molecule has 0 heterocycles. The molecule has 4 nitrogen and oxygen atoms in total. The lowest BCUT2D eigenvalue weighted by atomic mass is 10.1. The Labute approximate surface area is 128 Å². The van der Waals surface area contributed by atoms with Crippen LogP contribution in [0.25, 0.3) is 0 Å². The molecule has 118 valence electrons. The van der Waals surface area contributed by atoms with Crippen molar-refractivity contribution in [3.05, 3.63) is 28.8 Å². The summed E-state index contributed by atoms with van der Waals surface area (Å²) in [5.41, 5.74) is 2.94. The van der Waals surface area contributed by atoms with Gasteiger partial charge in [-0.3, -0.25) is 0 Å². The molecule has 0 radical (unpaired) electrons. The second-order valence-electron chi connectivity index (χ2n) is 5.76. The van der Waals surface area contributed by atoms with Crippen LogP contribution in [0, 0.1) is 13.8 Å². The second kappa shape index (κ2) is 6.46. The Morgan fingerprint density at radius 1 is 1.24 bits per heavy atom. The van der Waals surface area contributed by atoms with Gasteiger partial charge in [0.25, 0.3) is 0 Å². The highest BCUT2D eigenvalue weighted by molar-refractivity contribution is 7.89. The van der Waals surface area contributed by atoms with E-state index in [-0.39, 0.29) is 6.04 Å². The van der Waals surface area contributed by atoms with Crippen molar-refractivity contribution >= 4 is 10.0 Å². The van der Waals surface area contributed by atoms with Crippen molar-refractivity contribution in [1.29, 1.82) is 0 Å². The smallest absolute Gasteiger partial charge is 0.243 e. The maximum atomic E-state index is 12.9. The molecule has 0 aromatic heterocycles. The van der Waals surface area contributed by atoms with E-state index in [0.717, 1.165) is 36.1 Å². The van der Waals surface area contributed by atoms with Crippen molar-refractivity contribution in [2.24, 2.45) is 0 Å². The summed E-state index contributed by atoms with van der Waals surface area (Å²) in [4.78, 5) is 0.476. The van der Waals surface area contributed by atoms with Gasteiger partial charge in [-0.15, -0.1) is 0 Å². The van der Waals surface area contributed by atoms with Gasteiger partial charge in [-0.2, -0.15) is 4.31 Å². The fourth-order valence-electron chi connectivity index (χ4n) is 2.65. The van der Waals surface area contributed by atoms with Crippen LogP contribution in [-0.2, 0) is 16.6 Å². The molecule has 1 aliphatic carbocycles. The number of rotatable bonds is 7. The van der Waals surface area contributed by atoms with Crippen molar-refractivity contribution in [3.8, 4) is 0 Å². The van der Waals surface area contributed by atoms with Gasteiger partial charge in [-0.05, 0) is 56.0 Å². The Kier molecular flexibility index (Phi) is 5.07. The zero-order valence-electron chi connectivity index (χ0n) is 13.4. The molecule has 1 saturated carbocycles. The van der Waals surface area contributed by atoms with Crippen molar-refractivity contribution in [3.63, 3.8) is 0 Å². The van der Waals surface area contributed by atoms with Gasteiger partial charge in [0.2, 0.25) is 10.0 Å². The fraction of sp³-hybridized carbons (Fsp3) is 0.625. The maximum Gasteiger partial charge on any atom is 0.243 e. The van der Waals surface area contributed by atoms with E-state index in [0.29, 0.717) is 18.0 Å². The van der Waals surface area contributed by atoms with Gasteiger partial charge in [0, 0.05) is 19.1 Å². The van der Waals surface area contributed by atoms with Gasteiger partial charge in [0.15, 0.2) is 0 Å². The standard InChI is InChI=1S/C16H26N2O2S/c1-5-17-11-14-9-12(3)13(4)16(10-14)21(19,20)18(6-2)15-7-8-15/h9-10,15,17H,5-8,11H2,1-4H3. The molecule has 1 aliphatic rings. The highest BCUT2D eigenvalue weighted by Gasteiger charge is 2.37. The molecule has 0 saturated heterocycles. The Balaban J connectivity index is 2.43. The molecule has 1 fully saturated rings. The number of nitrogens with one attached hydrogen (secondary N) is 1. The molecule has 0 atom stereocenters. The largest absolute Gasteiger partial charge is 0.313 e. The van der Waals surface area contributed by atoms with E-state index in [2.05, 4.69) is 11.4 Å². The van der Waals surface area contributed by atoms with E-state index in [1.165, 1.54) is 0 Å². The van der Waals surface area contributed by atoms with Gasteiger partial charge in [-0.25, -0.2) is 8.42 Å². The van der Waals surface area contributed by atoms with E-state index in [4.69, 9.17) is 0 Å². The molecular formula is C16H26N2O2S. The third kappa shape index (κ3) is 3.47. The molecule has 0 spiro atoms. The van der Waals surface area contributed by atoms with Crippen molar-refractivity contribution < 1.29 is 8.42 Å². The predicted octanol–water partition coefficient (Wildman–Crippen LogP) is 2.59. The van der Waals surface area contributed by atoms with Crippen LogP contribution < -0.4 is 5.32 Å². The second-order valence-corrected chi connectivity index (χ2v) is 7.61. The molecule has 0 amide bonds. The van der Waals surface area contributed by atoms with Crippen molar-refractivity contribution in [2.75, 3.05) is 13.1 Å². The van der Waals surface area contributed by atoms with Gasteiger partial charge >= 0.3 is 0 Å². The summed E-state index contributed by atoms with van der Waals surface area (Å²) in [6, 6.07) is 4.12. The molecule has 21 heavy (non-hydrogen) atoms. The van der Waals surface area contributed by atoms with E-state index in [1.54, 1.807) is 4.31 Å². The van der Waals surface area contributed by atoms with E-state index >= 15 is 0 Å². The number of aryl methyl sites for hydroxylation is 1. The first-order chi connectivity index (χ1) is 9.91. The van der Waals surface area contributed by atoms with Gasteiger partial charge in [-0.1, -0.05) is 19.9 Å². The van der Waals surface area contributed by atoms with E-state index < -0.39 is 10.0 Å². The average Bonchev–Trinajstić information content (AvgIpc) is 3.24. The predicted molar refractivity (Wildman–Crippen MR) is 85.9 cm³/mol. The molecular weight excluding hydrogens is 284 g/mol. The van der Waals surface area contributed by atoms with E-state index in [1.807, 2.05) is 33.8 Å². The third-order valence-corrected chi connectivity index (χ3v) is 6.26. The highest BCUT2D eigenvalue weighted by atomic mass is 32.2. The molecule has 1 N–H and O–H groups in total. The first-order valence-corrected chi connectivity index (χ1v) is 9.18. The minimum atomic E-state index is -3.38. The van der Waals surface area contributed by atoms with Crippen LogP contribution in [0.5, 0.6) is 0 Å². The first-order valence-electron chi connectivity index (χ1n) is 7.74. The molecule has 1 aromatic carbocycles. The monoisotopic (exact) mass is 310 g/mol. The zero-order valence-corrected chi connectivity index (χ0v) is 14.3. The summed E-state index contributed by atoms with van der Waals surface area (Å²) in [6.45, 7) is 9.97. The quantitative estimate of drug-likeness (QED) is 0.842. The van der Waals surface area contributed by atoms with E-state index in [9.17, 15) is 8.42 Å². The summed E-state index contributed by atoms with van der Waals surface area (Å²) in [6.07, 6.45) is 1.98. The first kappa shape index (κ1) is 16.5. The van der Waals surface area contributed by atoms with Crippen LogP contribution in [-0.4, -0.2) is 31.9 Å². The summed E-state index contributed by atoms with van der Waals surface area (Å²) in [5, 5.41) is 3.26. The topological polar surface area (TPSA) is 49.4 Å². The Bertz CT molecular complexity index is 607. The van der Waals surface area contributed by atoms with Gasteiger partial charge in [0.05, 0.1) is 4.90 Å². The minimum Gasteiger partial charge on any atom is -0.313 e. The number of hydrogen-bond donors (Lipinski definition) is 1. The van der Waals surface area contributed by atoms with Gasteiger partial charge < -0.3 is 5.32 Å². The molecule has 5 heteroatoms. The Morgan fingerprint density at radius 3 is 2.43 bits per heavy atom. The van der Waals surface area contributed by atoms with Gasteiger partial charge in [0.1, 0.15) is 0 Å². The lowest BCUT2D eigenvalue weighted by Crippen LogP contribution is -2.33. The number of sulfonamides is 1. The molecule has 0 unspecified atom stereocenters. The maximum absolute atomic E-state index is 12.9. The fourth-order valence-corrected chi connectivity index (χ4v) is 4.70. The van der Waals surface area contributed by atoms with Crippen molar-refractivity contribution in [2.45, 2.75) is 58.0 Å². The summed E-state index contributed by atoms with van der Waals surface area (Å²) >= 11 is 0. The Hall–Kier alpha value is -0.910. The molecule has 1 aromatic rings. The average molecular weight is 310 g/mol. The molecule has 0 aliphatic heterocycles. The van der Waals surface area contributed by atoms with Crippen LogP contribution in [0.15, 0.2) is 17.0 Å². The summed E-state index contributed by atoms with van der Waals surface area (Å²) in [5.74, 6) is 0. The van der Waals surface area contributed by atoms with Crippen LogP contribution >= 0.6 is 0 Å². The number of nitrogens with zero attached hydrogens (tertiary/aromatic N) is 1. The molecule has 2 rings (SSSR count). The van der Waals surface area contributed by atoms with Crippen molar-refractivity contribution in [1.82, 2.24) is 9.62 Å². The lowest BCUT2D eigenvalue weighted by Gasteiger charge is -2.22. The number of benzene rings is 1. The normalized spacial score (nSPS) is 15.7. The zero-order chi connectivity index (χ0) is 15.6. The summed E-state index contributed by atoms with van der Waals surface area (Å²) < 4.78 is 27.6.